The highest BCUT2D eigenvalue weighted by atomic mass is 35.5. The largest absolute Gasteiger partial charge is 0.480 e. The van der Waals surface area contributed by atoms with Gasteiger partial charge in [0.05, 0.1) is 11.6 Å². The number of carbonyl (C=O) groups excluding carboxylic acids is 1. The van der Waals surface area contributed by atoms with Crippen molar-refractivity contribution in [3.63, 3.8) is 0 Å². The van der Waals surface area contributed by atoms with Crippen LogP contribution >= 0.6 is 22.9 Å². The molecule has 0 aliphatic carbocycles. The second-order valence-electron chi connectivity index (χ2n) is 6.43. The number of thiophene rings is 1. The van der Waals surface area contributed by atoms with Crippen molar-refractivity contribution in [2.75, 3.05) is 26.7 Å². The maximum Gasteiger partial charge on any atom is 0.317 e. The number of likely N-dealkylation sites (N-methyl/N-ethyl adjacent to an activating group) is 1. The molecule has 1 aliphatic heterocycles. The van der Waals surface area contributed by atoms with Crippen LogP contribution < -0.4 is 0 Å². The van der Waals surface area contributed by atoms with E-state index in [2.05, 4.69) is 0 Å². The number of carboxylic acids is 1. The lowest BCUT2D eigenvalue weighted by molar-refractivity contribution is -0.138. The summed E-state index contributed by atoms with van der Waals surface area (Å²) in [6.45, 7) is 1.33. The Bertz CT molecular complexity index is 792. The lowest BCUT2D eigenvalue weighted by Gasteiger charge is -2.25. The Morgan fingerprint density at radius 3 is 2.80 bits per heavy atom. The SMILES string of the molecule is CN(CC(=O)O)C1CCCN(C(=O)c2sc3ccccc3c2Cl)CC1. The highest BCUT2D eigenvalue weighted by molar-refractivity contribution is 7.21. The van der Waals surface area contributed by atoms with E-state index < -0.39 is 5.97 Å². The first-order valence-electron chi connectivity index (χ1n) is 8.35. The summed E-state index contributed by atoms with van der Waals surface area (Å²) in [6, 6.07) is 7.96. The third kappa shape index (κ3) is 3.97. The van der Waals surface area contributed by atoms with Crippen molar-refractivity contribution in [2.45, 2.75) is 25.3 Å². The summed E-state index contributed by atoms with van der Waals surface area (Å²) in [7, 11) is 1.83. The zero-order valence-corrected chi connectivity index (χ0v) is 15.6. The second-order valence-corrected chi connectivity index (χ2v) is 7.86. The van der Waals surface area contributed by atoms with Gasteiger partial charge in [-0.1, -0.05) is 29.8 Å². The van der Waals surface area contributed by atoms with Gasteiger partial charge in [-0.05, 0) is 32.4 Å². The van der Waals surface area contributed by atoms with E-state index >= 15 is 0 Å². The molecule has 1 fully saturated rings. The molecule has 7 heteroatoms. The van der Waals surface area contributed by atoms with Crippen molar-refractivity contribution in [1.82, 2.24) is 9.80 Å². The molecule has 1 aromatic heterocycles. The summed E-state index contributed by atoms with van der Waals surface area (Å²) in [6.07, 6.45) is 2.54. The van der Waals surface area contributed by atoms with E-state index in [0.29, 0.717) is 23.0 Å². The van der Waals surface area contributed by atoms with Gasteiger partial charge in [0, 0.05) is 29.2 Å². The summed E-state index contributed by atoms with van der Waals surface area (Å²) in [5.74, 6) is -0.843. The van der Waals surface area contributed by atoms with Gasteiger partial charge in [0.2, 0.25) is 0 Å². The van der Waals surface area contributed by atoms with Gasteiger partial charge in [-0.2, -0.15) is 0 Å². The number of likely N-dealkylation sites (tertiary alicyclic amines) is 1. The lowest BCUT2D eigenvalue weighted by atomic mass is 10.1. The standard InChI is InChI=1S/C18H21ClN2O3S/c1-20(11-15(22)23)12-5-4-9-21(10-8-12)18(24)17-16(19)13-6-2-3-7-14(13)25-17/h2-3,6-7,12H,4-5,8-11H2,1H3,(H,22,23). The minimum Gasteiger partial charge on any atom is -0.480 e. The van der Waals surface area contributed by atoms with Gasteiger partial charge in [0.1, 0.15) is 4.88 Å². The topological polar surface area (TPSA) is 60.9 Å². The Kier molecular flexibility index (Phi) is 5.61. The number of carbonyl (C=O) groups is 2. The predicted octanol–water partition coefficient (Wildman–Crippen LogP) is 3.57. The number of fused-ring (bicyclic) bond motifs is 1. The van der Waals surface area contributed by atoms with Crippen LogP contribution in [0.15, 0.2) is 24.3 Å². The van der Waals surface area contributed by atoms with Crippen LogP contribution in [0.5, 0.6) is 0 Å². The number of amides is 1. The molecule has 134 valence electrons. The van der Waals surface area contributed by atoms with Gasteiger partial charge in [0.25, 0.3) is 5.91 Å². The first-order valence-corrected chi connectivity index (χ1v) is 9.55. The van der Waals surface area contributed by atoms with E-state index in [0.717, 1.165) is 29.3 Å². The molecule has 0 spiro atoms. The van der Waals surface area contributed by atoms with E-state index in [1.165, 1.54) is 11.3 Å². The summed E-state index contributed by atoms with van der Waals surface area (Å²) >= 11 is 7.87. The van der Waals surface area contributed by atoms with Crippen molar-refractivity contribution in [1.29, 1.82) is 0 Å². The van der Waals surface area contributed by atoms with Gasteiger partial charge in [-0.25, -0.2) is 0 Å². The van der Waals surface area contributed by atoms with Crippen LogP contribution in [0, 0.1) is 0 Å². The van der Waals surface area contributed by atoms with Gasteiger partial charge in [-0.15, -0.1) is 11.3 Å². The summed E-state index contributed by atoms with van der Waals surface area (Å²) in [4.78, 5) is 28.2. The van der Waals surface area contributed by atoms with E-state index in [-0.39, 0.29) is 18.5 Å². The maximum atomic E-state index is 12.9. The smallest absolute Gasteiger partial charge is 0.317 e. The fraction of sp³-hybridized carbons (Fsp3) is 0.444. The first kappa shape index (κ1) is 18.2. The summed E-state index contributed by atoms with van der Waals surface area (Å²) < 4.78 is 1.02. The van der Waals surface area contributed by atoms with Gasteiger partial charge < -0.3 is 10.0 Å². The molecule has 0 bridgehead atoms. The molecule has 1 saturated heterocycles. The first-order chi connectivity index (χ1) is 12.0. The Hall–Kier alpha value is -1.63. The number of rotatable bonds is 4. The Morgan fingerprint density at radius 1 is 1.32 bits per heavy atom. The van der Waals surface area contributed by atoms with Gasteiger partial charge in [-0.3, -0.25) is 14.5 Å². The fourth-order valence-electron chi connectivity index (χ4n) is 3.36. The van der Waals surface area contributed by atoms with Crippen molar-refractivity contribution < 1.29 is 14.7 Å². The van der Waals surface area contributed by atoms with Crippen LogP contribution in [0.1, 0.15) is 28.9 Å². The predicted molar refractivity (Wildman–Crippen MR) is 101 cm³/mol. The molecule has 1 N–H and O–H groups in total. The molecule has 0 saturated carbocycles. The van der Waals surface area contributed by atoms with Crippen LogP contribution in [-0.4, -0.2) is 59.5 Å². The number of aliphatic carboxylic acids is 1. The van der Waals surface area contributed by atoms with Crippen LogP contribution in [0.4, 0.5) is 0 Å². The molecule has 0 radical (unpaired) electrons. The molecule has 2 aromatic rings. The summed E-state index contributed by atoms with van der Waals surface area (Å²) in [5.41, 5.74) is 0. The molecule has 1 unspecified atom stereocenters. The van der Waals surface area contributed by atoms with E-state index in [1.54, 1.807) is 0 Å². The van der Waals surface area contributed by atoms with E-state index in [9.17, 15) is 9.59 Å². The average molecular weight is 381 g/mol. The molecule has 25 heavy (non-hydrogen) atoms. The highest BCUT2D eigenvalue weighted by Gasteiger charge is 2.27. The minimum atomic E-state index is -0.822. The quantitative estimate of drug-likeness (QED) is 0.880. The van der Waals surface area contributed by atoms with Crippen molar-refractivity contribution >= 4 is 44.9 Å². The van der Waals surface area contributed by atoms with Crippen LogP contribution in [0.3, 0.4) is 0 Å². The molecular weight excluding hydrogens is 360 g/mol. The van der Waals surface area contributed by atoms with Crippen molar-refractivity contribution in [3.8, 4) is 0 Å². The Morgan fingerprint density at radius 2 is 2.08 bits per heavy atom. The van der Waals surface area contributed by atoms with Gasteiger partial charge >= 0.3 is 5.97 Å². The van der Waals surface area contributed by atoms with Crippen LogP contribution in [0.2, 0.25) is 5.02 Å². The number of halogens is 1. The Balaban J connectivity index is 1.72. The molecule has 5 nitrogen and oxygen atoms in total. The number of hydrogen-bond donors (Lipinski definition) is 1. The second kappa shape index (κ2) is 7.72. The molecule has 1 atom stereocenters. The van der Waals surface area contributed by atoms with Crippen LogP contribution in [0.25, 0.3) is 10.1 Å². The van der Waals surface area contributed by atoms with E-state index in [4.69, 9.17) is 16.7 Å². The number of carboxylic acid groups (broad SMARTS) is 1. The molecule has 1 aromatic carbocycles. The molecule has 1 amide bonds. The number of benzene rings is 1. The van der Waals surface area contributed by atoms with Gasteiger partial charge in [0.15, 0.2) is 0 Å². The average Bonchev–Trinajstić information content (AvgIpc) is 2.76. The normalized spacial score (nSPS) is 18.5. The monoisotopic (exact) mass is 380 g/mol. The number of hydrogen-bond acceptors (Lipinski definition) is 4. The van der Waals surface area contributed by atoms with Crippen LogP contribution in [-0.2, 0) is 4.79 Å². The van der Waals surface area contributed by atoms with E-state index in [1.807, 2.05) is 41.1 Å². The molecular formula is C18H21ClN2O3S. The maximum absolute atomic E-state index is 12.9. The third-order valence-corrected chi connectivity index (χ3v) is 6.39. The zero-order chi connectivity index (χ0) is 18.0. The third-order valence-electron chi connectivity index (χ3n) is 4.72. The molecule has 2 heterocycles. The minimum absolute atomic E-state index is 0.0206. The molecule has 1 aliphatic rings. The Labute approximate surface area is 155 Å². The molecule has 3 rings (SSSR count). The van der Waals surface area contributed by atoms with Crippen molar-refractivity contribution in [3.05, 3.63) is 34.2 Å². The highest BCUT2D eigenvalue weighted by Crippen LogP contribution is 2.36. The van der Waals surface area contributed by atoms with Crippen molar-refractivity contribution in [2.24, 2.45) is 0 Å². The lowest BCUT2D eigenvalue weighted by Crippen LogP contribution is -2.37. The summed E-state index contributed by atoms with van der Waals surface area (Å²) in [5, 5.41) is 10.4. The fourth-order valence-corrected chi connectivity index (χ4v) is 4.84. The zero-order valence-electron chi connectivity index (χ0n) is 14.1. The number of nitrogens with zero attached hydrogens (tertiary/aromatic N) is 2.